The van der Waals surface area contributed by atoms with E-state index in [1.165, 1.54) is 0 Å². The number of furan rings is 1. The SMILES string of the molecule is CC(C)(O)CN1CCOC(c2ccco2)C1. The zero-order chi connectivity index (χ0) is 11.6. The summed E-state index contributed by atoms with van der Waals surface area (Å²) in [6, 6.07) is 3.80. The smallest absolute Gasteiger partial charge is 0.133 e. The maximum absolute atomic E-state index is 9.78. The highest BCUT2D eigenvalue weighted by molar-refractivity contribution is 5.03. The minimum absolute atomic E-state index is 0.00824. The molecule has 2 heterocycles. The highest BCUT2D eigenvalue weighted by atomic mass is 16.5. The molecule has 1 unspecified atom stereocenters. The van der Waals surface area contributed by atoms with E-state index in [0.717, 1.165) is 18.8 Å². The number of β-amino-alcohol motifs (C(OH)–C–C–N with tert-alkyl or cyclic N) is 1. The van der Waals surface area contributed by atoms with Crippen LogP contribution in [0.4, 0.5) is 0 Å². The summed E-state index contributed by atoms with van der Waals surface area (Å²) in [5.41, 5.74) is -0.662. The van der Waals surface area contributed by atoms with Gasteiger partial charge >= 0.3 is 0 Å². The largest absolute Gasteiger partial charge is 0.467 e. The van der Waals surface area contributed by atoms with Gasteiger partial charge in [-0.2, -0.15) is 0 Å². The normalized spacial score (nSPS) is 23.6. The lowest BCUT2D eigenvalue weighted by atomic mass is 10.1. The Bertz CT molecular complexity index is 316. The van der Waals surface area contributed by atoms with Gasteiger partial charge in [-0.3, -0.25) is 4.90 Å². The Morgan fingerprint density at radius 3 is 3.00 bits per heavy atom. The maximum Gasteiger partial charge on any atom is 0.133 e. The van der Waals surface area contributed by atoms with E-state index < -0.39 is 5.60 Å². The topological polar surface area (TPSA) is 45.8 Å². The summed E-state index contributed by atoms with van der Waals surface area (Å²) in [7, 11) is 0. The Morgan fingerprint density at radius 1 is 1.56 bits per heavy atom. The molecule has 0 aromatic carbocycles. The first kappa shape index (κ1) is 11.6. The Balaban J connectivity index is 1.94. The van der Waals surface area contributed by atoms with Crippen molar-refractivity contribution in [1.82, 2.24) is 4.90 Å². The molecule has 16 heavy (non-hydrogen) atoms. The molecule has 1 aromatic heterocycles. The van der Waals surface area contributed by atoms with E-state index in [-0.39, 0.29) is 6.10 Å². The lowest BCUT2D eigenvalue weighted by molar-refractivity contribution is -0.0634. The summed E-state index contributed by atoms with van der Waals surface area (Å²) < 4.78 is 11.0. The average molecular weight is 225 g/mol. The third-order valence-corrected chi connectivity index (χ3v) is 2.62. The van der Waals surface area contributed by atoms with Crippen molar-refractivity contribution in [3.05, 3.63) is 24.2 Å². The number of hydrogen-bond acceptors (Lipinski definition) is 4. The molecule has 1 aromatic rings. The molecule has 90 valence electrons. The van der Waals surface area contributed by atoms with Gasteiger partial charge in [-0.1, -0.05) is 0 Å². The van der Waals surface area contributed by atoms with Gasteiger partial charge in [0.2, 0.25) is 0 Å². The third kappa shape index (κ3) is 3.07. The molecule has 1 aliphatic rings. The van der Waals surface area contributed by atoms with E-state index in [9.17, 15) is 5.11 Å². The average Bonchev–Trinajstić information content (AvgIpc) is 2.68. The second-order valence-electron chi connectivity index (χ2n) is 4.92. The van der Waals surface area contributed by atoms with E-state index in [4.69, 9.17) is 9.15 Å². The fraction of sp³-hybridized carbons (Fsp3) is 0.667. The Labute approximate surface area is 95.8 Å². The highest BCUT2D eigenvalue weighted by Crippen LogP contribution is 2.23. The van der Waals surface area contributed by atoms with E-state index in [0.29, 0.717) is 13.2 Å². The van der Waals surface area contributed by atoms with Crippen LogP contribution >= 0.6 is 0 Å². The number of morpholine rings is 1. The number of nitrogens with zero attached hydrogens (tertiary/aromatic N) is 1. The van der Waals surface area contributed by atoms with Gasteiger partial charge in [0.1, 0.15) is 11.9 Å². The van der Waals surface area contributed by atoms with Crippen LogP contribution in [-0.2, 0) is 4.74 Å². The van der Waals surface area contributed by atoms with Crippen molar-refractivity contribution in [2.45, 2.75) is 25.6 Å². The standard InChI is InChI=1S/C12H19NO3/c1-12(2,14)9-13-5-7-16-11(8-13)10-4-3-6-15-10/h3-4,6,11,14H,5,7-9H2,1-2H3. The maximum atomic E-state index is 9.78. The predicted molar refractivity (Wildman–Crippen MR) is 60.1 cm³/mol. The lowest BCUT2D eigenvalue weighted by Gasteiger charge is -2.35. The molecule has 0 saturated carbocycles. The quantitative estimate of drug-likeness (QED) is 0.845. The zero-order valence-electron chi connectivity index (χ0n) is 9.85. The molecule has 2 rings (SSSR count). The summed E-state index contributed by atoms with van der Waals surface area (Å²) in [6.45, 7) is 6.63. The zero-order valence-corrected chi connectivity index (χ0v) is 9.85. The molecule has 0 spiro atoms. The van der Waals surface area contributed by atoms with Gasteiger partial charge in [-0.25, -0.2) is 0 Å². The Morgan fingerprint density at radius 2 is 2.38 bits per heavy atom. The molecule has 0 bridgehead atoms. The van der Waals surface area contributed by atoms with Crippen LogP contribution in [0.1, 0.15) is 25.7 Å². The molecule has 0 amide bonds. The molecule has 0 aliphatic carbocycles. The van der Waals surface area contributed by atoms with Gasteiger partial charge in [0.05, 0.1) is 18.5 Å². The number of rotatable bonds is 3. The molecular formula is C12H19NO3. The molecule has 1 aliphatic heterocycles. The first-order valence-corrected chi connectivity index (χ1v) is 5.64. The van der Waals surface area contributed by atoms with Gasteiger partial charge in [0, 0.05) is 19.6 Å². The fourth-order valence-electron chi connectivity index (χ4n) is 2.04. The van der Waals surface area contributed by atoms with Crippen LogP contribution in [0.15, 0.2) is 22.8 Å². The van der Waals surface area contributed by atoms with Gasteiger partial charge in [0.15, 0.2) is 0 Å². The van der Waals surface area contributed by atoms with E-state index >= 15 is 0 Å². The van der Waals surface area contributed by atoms with Crippen molar-refractivity contribution in [3.8, 4) is 0 Å². The van der Waals surface area contributed by atoms with Gasteiger partial charge in [-0.15, -0.1) is 0 Å². The first-order chi connectivity index (χ1) is 7.54. The fourth-order valence-corrected chi connectivity index (χ4v) is 2.04. The monoisotopic (exact) mass is 225 g/mol. The third-order valence-electron chi connectivity index (χ3n) is 2.62. The summed E-state index contributed by atoms with van der Waals surface area (Å²) in [5.74, 6) is 0.862. The molecule has 1 N–H and O–H groups in total. The molecule has 1 saturated heterocycles. The van der Waals surface area contributed by atoms with Crippen LogP contribution in [0.5, 0.6) is 0 Å². The van der Waals surface area contributed by atoms with E-state index in [2.05, 4.69) is 4.90 Å². The van der Waals surface area contributed by atoms with Crippen molar-refractivity contribution in [2.75, 3.05) is 26.2 Å². The molecule has 0 radical (unpaired) electrons. The summed E-state index contributed by atoms with van der Waals surface area (Å²) in [5, 5.41) is 9.78. The van der Waals surface area contributed by atoms with Crippen molar-refractivity contribution in [2.24, 2.45) is 0 Å². The number of hydrogen-bond donors (Lipinski definition) is 1. The summed E-state index contributed by atoms with van der Waals surface area (Å²) in [6.07, 6.45) is 1.65. The predicted octanol–water partition coefficient (Wildman–Crippen LogP) is 1.42. The molecule has 1 atom stereocenters. The van der Waals surface area contributed by atoms with Crippen LogP contribution in [0.25, 0.3) is 0 Å². The van der Waals surface area contributed by atoms with Gasteiger partial charge in [0.25, 0.3) is 0 Å². The van der Waals surface area contributed by atoms with Crippen LogP contribution < -0.4 is 0 Å². The van der Waals surface area contributed by atoms with Gasteiger partial charge in [-0.05, 0) is 26.0 Å². The Hall–Kier alpha value is -0.840. The van der Waals surface area contributed by atoms with Gasteiger partial charge < -0.3 is 14.3 Å². The minimum atomic E-state index is -0.662. The minimum Gasteiger partial charge on any atom is -0.467 e. The van der Waals surface area contributed by atoms with Crippen LogP contribution in [-0.4, -0.2) is 41.8 Å². The summed E-state index contributed by atoms with van der Waals surface area (Å²) >= 11 is 0. The van der Waals surface area contributed by atoms with Crippen LogP contribution in [0.3, 0.4) is 0 Å². The first-order valence-electron chi connectivity index (χ1n) is 5.64. The van der Waals surface area contributed by atoms with Crippen molar-refractivity contribution < 1.29 is 14.3 Å². The second-order valence-corrected chi connectivity index (χ2v) is 4.92. The Kier molecular flexibility index (Phi) is 3.33. The number of ether oxygens (including phenoxy) is 1. The van der Waals surface area contributed by atoms with Crippen LogP contribution in [0, 0.1) is 0 Å². The van der Waals surface area contributed by atoms with E-state index in [1.807, 2.05) is 26.0 Å². The second kappa shape index (κ2) is 4.57. The lowest BCUT2D eigenvalue weighted by Crippen LogP contribution is -2.45. The molecule has 1 fully saturated rings. The summed E-state index contributed by atoms with van der Waals surface area (Å²) in [4.78, 5) is 2.21. The molecule has 4 nitrogen and oxygen atoms in total. The van der Waals surface area contributed by atoms with Crippen LogP contribution in [0.2, 0.25) is 0 Å². The van der Waals surface area contributed by atoms with E-state index in [1.54, 1.807) is 6.26 Å². The molecular weight excluding hydrogens is 206 g/mol. The number of aliphatic hydroxyl groups is 1. The van der Waals surface area contributed by atoms with Crippen molar-refractivity contribution in [3.63, 3.8) is 0 Å². The van der Waals surface area contributed by atoms with Crippen molar-refractivity contribution in [1.29, 1.82) is 0 Å². The van der Waals surface area contributed by atoms with Crippen molar-refractivity contribution >= 4 is 0 Å². The molecule has 4 heteroatoms. The highest BCUT2D eigenvalue weighted by Gasteiger charge is 2.27.